The smallest absolute Gasteiger partial charge is 0.267 e. The highest BCUT2D eigenvalue weighted by Gasteiger charge is 2.20. The van der Waals surface area contributed by atoms with Crippen LogP contribution < -0.4 is 5.48 Å². The molecule has 0 aliphatic heterocycles. The van der Waals surface area contributed by atoms with Gasteiger partial charge in [-0.05, 0) is 42.0 Å². The first-order valence-corrected chi connectivity index (χ1v) is 9.30. The zero-order valence-electron chi connectivity index (χ0n) is 13.3. The van der Waals surface area contributed by atoms with E-state index in [1.54, 1.807) is 36.4 Å². The largest absolute Gasteiger partial charge is 0.288 e. The number of sulfone groups is 1. The van der Waals surface area contributed by atoms with Gasteiger partial charge in [0.25, 0.3) is 5.91 Å². The number of hydrogen-bond donors (Lipinski definition) is 2. The third kappa shape index (κ3) is 3.60. The summed E-state index contributed by atoms with van der Waals surface area (Å²) in [6, 6.07) is 14.3. The molecule has 26 heavy (non-hydrogen) atoms. The number of amides is 1. The van der Waals surface area contributed by atoms with Gasteiger partial charge in [0, 0.05) is 11.5 Å². The van der Waals surface area contributed by atoms with Gasteiger partial charge in [-0.3, -0.25) is 10.0 Å². The van der Waals surface area contributed by atoms with Crippen molar-refractivity contribution in [1.29, 1.82) is 0 Å². The molecule has 1 aromatic heterocycles. The average molecular weight is 389 g/mol. The number of benzene rings is 2. The van der Waals surface area contributed by atoms with Crippen molar-refractivity contribution in [3.05, 3.63) is 71.3 Å². The minimum Gasteiger partial charge on any atom is -0.288 e. The Balaban J connectivity index is 2.04. The van der Waals surface area contributed by atoms with Gasteiger partial charge in [0.2, 0.25) is 9.84 Å². The number of pyridine rings is 1. The lowest BCUT2D eigenvalue weighted by molar-refractivity contribution is -0.124. The Labute approximate surface area is 154 Å². The second-order valence-corrected chi connectivity index (χ2v) is 7.65. The SMILES string of the molecule is O=C(/C=C/c1cccc(S(=O)(=O)c2ccc3cccc(Cl)c3n2)c1)NO. The van der Waals surface area contributed by atoms with Crippen LogP contribution >= 0.6 is 11.6 Å². The lowest BCUT2D eigenvalue weighted by Crippen LogP contribution is -2.14. The van der Waals surface area contributed by atoms with E-state index in [1.807, 2.05) is 0 Å². The average Bonchev–Trinajstić information content (AvgIpc) is 2.66. The van der Waals surface area contributed by atoms with Gasteiger partial charge in [0.15, 0.2) is 5.03 Å². The van der Waals surface area contributed by atoms with Crippen molar-refractivity contribution in [3.63, 3.8) is 0 Å². The van der Waals surface area contributed by atoms with Gasteiger partial charge in [-0.25, -0.2) is 18.9 Å². The van der Waals surface area contributed by atoms with Gasteiger partial charge in [-0.1, -0.05) is 35.9 Å². The number of carbonyl (C=O) groups excluding carboxylic acids is 1. The topological polar surface area (TPSA) is 96.4 Å². The maximum absolute atomic E-state index is 12.9. The minimum atomic E-state index is -3.87. The first-order valence-electron chi connectivity index (χ1n) is 7.44. The zero-order valence-corrected chi connectivity index (χ0v) is 14.8. The molecule has 1 heterocycles. The van der Waals surface area contributed by atoms with Gasteiger partial charge >= 0.3 is 0 Å². The van der Waals surface area contributed by atoms with Crippen LogP contribution in [0.25, 0.3) is 17.0 Å². The van der Waals surface area contributed by atoms with Gasteiger partial charge < -0.3 is 0 Å². The van der Waals surface area contributed by atoms with Crippen LogP contribution in [0.3, 0.4) is 0 Å². The van der Waals surface area contributed by atoms with Crippen molar-refractivity contribution >= 4 is 44.3 Å². The number of para-hydroxylation sites is 1. The zero-order chi connectivity index (χ0) is 18.7. The summed E-state index contributed by atoms with van der Waals surface area (Å²) in [7, 11) is -3.87. The Bertz CT molecular complexity index is 1130. The fourth-order valence-electron chi connectivity index (χ4n) is 2.36. The second kappa shape index (κ2) is 7.25. The molecule has 0 bridgehead atoms. The van der Waals surface area contributed by atoms with E-state index in [0.717, 1.165) is 11.5 Å². The Morgan fingerprint density at radius 3 is 2.65 bits per heavy atom. The molecule has 2 aromatic carbocycles. The van der Waals surface area contributed by atoms with Crippen LogP contribution in [0.15, 0.2) is 70.6 Å². The number of carbonyl (C=O) groups is 1. The lowest BCUT2D eigenvalue weighted by atomic mass is 10.2. The molecule has 0 atom stereocenters. The summed E-state index contributed by atoms with van der Waals surface area (Å²) in [5.41, 5.74) is 2.35. The van der Waals surface area contributed by atoms with E-state index >= 15 is 0 Å². The molecule has 3 rings (SSSR count). The summed E-state index contributed by atoms with van der Waals surface area (Å²) in [5.74, 6) is -0.718. The van der Waals surface area contributed by atoms with Crippen molar-refractivity contribution in [2.75, 3.05) is 0 Å². The minimum absolute atomic E-state index is 0.0305. The van der Waals surface area contributed by atoms with E-state index in [-0.39, 0.29) is 9.92 Å². The third-order valence-electron chi connectivity index (χ3n) is 3.63. The molecule has 2 N–H and O–H groups in total. The van der Waals surface area contributed by atoms with Crippen molar-refractivity contribution in [2.45, 2.75) is 9.92 Å². The second-order valence-electron chi connectivity index (χ2n) is 5.35. The molecular formula is C18H13ClN2O4S. The molecule has 3 aromatic rings. The van der Waals surface area contributed by atoms with Crippen molar-refractivity contribution in [1.82, 2.24) is 10.5 Å². The van der Waals surface area contributed by atoms with Crippen LogP contribution in [-0.2, 0) is 14.6 Å². The molecule has 0 radical (unpaired) electrons. The monoisotopic (exact) mass is 388 g/mol. The summed E-state index contributed by atoms with van der Waals surface area (Å²) in [4.78, 5) is 15.3. The number of nitrogens with one attached hydrogen (secondary N) is 1. The molecule has 132 valence electrons. The highest BCUT2D eigenvalue weighted by Crippen LogP contribution is 2.26. The molecule has 8 heteroatoms. The van der Waals surface area contributed by atoms with E-state index < -0.39 is 15.7 Å². The quantitative estimate of drug-likeness (QED) is 0.406. The van der Waals surface area contributed by atoms with Crippen LogP contribution in [0, 0.1) is 0 Å². The van der Waals surface area contributed by atoms with Gasteiger partial charge in [-0.2, -0.15) is 0 Å². The number of rotatable bonds is 4. The molecule has 0 aliphatic carbocycles. The number of nitrogens with zero attached hydrogens (tertiary/aromatic N) is 1. The molecule has 0 saturated carbocycles. The van der Waals surface area contributed by atoms with Crippen LogP contribution in [0.4, 0.5) is 0 Å². The molecule has 0 aliphatic rings. The van der Waals surface area contributed by atoms with Crippen LogP contribution in [-0.4, -0.2) is 24.5 Å². The highest BCUT2D eigenvalue weighted by atomic mass is 35.5. The highest BCUT2D eigenvalue weighted by molar-refractivity contribution is 7.91. The Kier molecular flexibility index (Phi) is 5.03. The maximum atomic E-state index is 12.9. The first kappa shape index (κ1) is 18.1. The Morgan fingerprint density at radius 2 is 1.88 bits per heavy atom. The van der Waals surface area contributed by atoms with Crippen LogP contribution in [0.2, 0.25) is 5.02 Å². The summed E-state index contributed by atoms with van der Waals surface area (Å²) in [6.07, 6.45) is 2.47. The van der Waals surface area contributed by atoms with Crippen molar-refractivity contribution < 1.29 is 18.4 Å². The molecule has 0 fully saturated rings. The summed E-state index contributed by atoms with van der Waals surface area (Å²) >= 11 is 6.11. The van der Waals surface area contributed by atoms with Crippen LogP contribution in [0.5, 0.6) is 0 Å². The lowest BCUT2D eigenvalue weighted by Gasteiger charge is -2.07. The van der Waals surface area contributed by atoms with Crippen molar-refractivity contribution in [3.8, 4) is 0 Å². The van der Waals surface area contributed by atoms with Crippen molar-refractivity contribution in [2.24, 2.45) is 0 Å². The molecule has 0 unspecified atom stereocenters. The predicted molar refractivity (Wildman–Crippen MR) is 97.6 cm³/mol. The third-order valence-corrected chi connectivity index (χ3v) is 5.58. The van der Waals surface area contributed by atoms with E-state index in [1.165, 1.54) is 29.8 Å². The summed E-state index contributed by atoms with van der Waals surface area (Å²) < 4.78 is 25.8. The van der Waals surface area contributed by atoms with Gasteiger partial charge in [0.1, 0.15) is 0 Å². The van der Waals surface area contributed by atoms with E-state index in [0.29, 0.717) is 16.1 Å². The number of hydrogen-bond acceptors (Lipinski definition) is 5. The van der Waals surface area contributed by atoms with E-state index in [4.69, 9.17) is 16.8 Å². The molecule has 6 nitrogen and oxygen atoms in total. The number of aromatic nitrogens is 1. The fourth-order valence-corrected chi connectivity index (χ4v) is 3.83. The predicted octanol–water partition coefficient (Wildman–Crippen LogP) is 3.24. The van der Waals surface area contributed by atoms with E-state index in [2.05, 4.69) is 4.98 Å². The first-order chi connectivity index (χ1) is 12.4. The summed E-state index contributed by atoms with van der Waals surface area (Å²) in [6.45, 7) is 0. The normalized spacial score (nSPS) is 11.8. The Hall–Kier alpha value is -2.74. The van der Waals surface area contributed by atoms with Gasteiger partial charge in [0.05, 0.1) is 15.4 Å². The Morgan fingerprint density at radius 1 is 1.12 bits per heavy atom. The molecule has 0 spiro atoms. The number of fused-ring (bicyclic) bond motifs is 1. The molecule has 0 saturated heterocycles. The molecule has 1 amide bonds. The number of halogens is 1. The molecular weight excluding hydrogens is 376 g/mol. The summed E-state index contributed by atoms with van der Waals surface area (Å²) in [5, 5.41) is 9.48. The fraction of sp³-hybridized carbons (Fsp3) is 0. The van der Waals surface area contributed by atoms with E-state index in [9.17, 15) is 13.2 Å². The van der Waals surface area contributed by atoms with Crippen LogP contribution in [0.1, 0.15) is 5.56 Å². The van der Waals surface area contributed by atoms with Gasteiger partial charge in [-0.15, -0.1) is 0 Å². The number of hydroxylamine groups is 1. The maximum Gasteiger partial charge on any atom is 0.267 e. The standard InChI is InChI=1S/C18H13ClN2O4S/c19-15-6-2-4-13-8-10-17(20-18(13)15)26(24,25)14-5-1-3-12(11-14)7-9-16(22)21-23/h1-11,23H,(H,21,22)/b9-7+.